The van der Waals surface area contributed by atoms with Gasteiger partial charge in [0.15, 0.2) is 0 Å². The summed E-state index contributed by atoms with van der Waals surface area (Å²) in [6, 6.07) is 4.81. The van der Waals surface area contributed by atoms with Crippen molar-refractivity contribution in [2.45, 2.75) is 20.8 Å². The average Bonchev–Trinajstić information content (AvgIpc) is 2.28. The quantitative estimate of drug-likeness (QED) is 0.877. The Bertz CT molecular complexity index is 432. The number of carbonyl (C=O) groups is 1. The molecule has 1 aromatic carbocycles. The normalized spacial score (nSPS) is 12.6. The number of carboxylic acid groups (broad SMARTS) is 1. The minimum atomic E-state index is -0.796. The zero-order valence-electron chi connectivity index (χ0n) is 11.3. The van der Waals surface area contributed by atoms with Crippen LogP contribution >= 0.6 is 0 Å². The predicted molar refractivity (Wildman–Crippen MR) is 70.4 cm³/mol. The number of carboxylic acids is 1. The van der Waals surface area contributed by atoms with Gasteiger partial charge in [-0.3, -0.25) is 4.79 Å². The number of anilines is 1. The maximum atomic E-state index is 13.2. The first-order valence-electron chi connectivity index (χ1n) is 6.03. The molecule has 100 valence electrons. The van der Waals surface area contributed by atoms with Crippen molar-refractivity contribution in [2.24, 2.45) is 11.8 Å². The number of nitrogens with zero attached hydrogens (tertiary/aromatic N) is 1. The molecule has 0 aliphatic carbocycles. The lowest BCUT2D eigenvalue weighted by molar-refractivity contribution is -0.142. The van der Waals surface area contributed by atoms with Crippen LogP contribution in [0.15, 0.2) is 18.2 Å². The van der Waals surface area contributed by atoms with Crippen molar-refractivity contribution in [3.63, 3.8) is 0 Å². The molecule has 1 atom stereocenters. The second-order valence-electron chi connectivity index (χ2n) is 5.00. The highest BCUT2D eigenvalue weighted by Gasteiger charge is 2.23. The first-order valence-corrected chi connectivity index (χ1v) is 6.03. The molecule has 4 heteroatoms. The Balaban J connectivity index is 2.83. The molecule has 0 aromatic heterocycles. The molecule has 0 fully saturated rings. The van der Waals surface area contributed by atoms with Gasteiger partial charge >= 0.3 is 5.97 Å². The highest BCUT2D eigenvalue weighted by molar-refractivity contribution is 5.71. The van der Waals surface area contributed by atoms with E-state index in [1.807, 2.05) is 25.8 Å². The summed E-state index contributed by atoms with van der Waals surface area (Å²) in [5.74, 6) is -1.41. The number of aryl methyl sites for hydroxylation is 1. The van der Waals surface area contributed by atoms with Crippen molar-refractivity contribution in [2.75, 3.05) is 18.5 Å². The van der Waals surface area contributed by atoms with E-state index in [2.05, 4.69) is 0 Å². The fourth-order valence-electron chi connectivity index (χ4n) is 1.84. The lowest BCUT2D eigenvalue weighted by Crippen LogP contribution is -2.33. The van der Waals surface area contributed by atoms with Gasteiger partial charge in [0.2, 0.25) is 0 Å². The lowest BCUT2D eigenvalue weighted by atomic mass is 9.95. The van der Waals surface area contributed by atoms with Gasteiger partial charge in [-0.15, -0.1) is 0 Å². The molecule has 0 saturated heterocycles. The number of rotatable bonds is 5. The first kappa shape index (κ1) is 14.5. The van der Waals surface area contributed by atoms with Gasteiger partial charge in [-0.1, -0.05) is 13.8 Å². The van der Waals surface area contributed by atoms with Crippen LogP contribution in [-0.4, -0.2) is 24.7 Å². The van der Waals surface area contributed by atoms with Crippen LogP contribution in [0.4, 0.5) is 10.1 Å². The number of hydrogen-bond donors (Lipinski definition) is 1. The second kappa shape index (κ2) is 5.85. The van der Waals surface area contributed by atoms with E-state index >= 15 is 0 Å². The van der Waals surface area contributed by atoms with Crippen LogP contribution in [0.1, 0.15) is 19.4 Å². The van der Waals surface area contributed by atoms with Gasteiger partial charge in [-0.2, -0.15) is 0 Å². The molecule has 18 heavy (non-hydrogen) atoms. The van der Waals surface area contributed by atoms with Crippen LogP contribution in [0.25, 0.3) is 0 Å². The molecule has 1 N–H and O–H groups in total. The summed E-state index contributed by atoms with van der Waals surface area (Å²) in [5, 5.41) is 9.15. The zero-order chi connectivity index (χ0) is 13.9. The van der Waals surface area contributed by atoms with Crippen LogP contribution in [0.5, 0.6) is 0 Å². The van der Waals surface area contributed by atoms with Crippen molar-refractivity contribution < 1.29 is 14.3 Å². The fourth-order valence-corrected chi connectivity index (χ4v) is 1.84. The summed E-state index contributed by atoms with van der Waals surface area (Å²) in [4.78, 5) is 13.0. The predicted octanol–water partition coefficient (Wildman–Crippen LogP) is 2.93. The van der Waals surface area contributed by atoms with Gasteiger partial charge in [0, 0.05) is 19.3 Å². The van der Waals surface area contributed by atoms with Crippen molar-refractivity contribution in [1.82, 2.24) is 0 Å². The number of benzene rings is 1. The Morgan fingerprint density at radius 1 is 1.44 bits per heavy atom. The molecule has 0 aliphatic heterocycles. The van der Waals surface area contributed by atoms with E-state index in [4.69, 9.17) is 5.11 Å². The Morgan fingerprint density at radius 2 is 2.06 bits per heavy atom. The maximum Gasteiger partial charge on any atom is 0.308 e. The van der Waals surface area contributed by atoms with Crippen molar-refractivity contribution in [3.8, 4) is 0 Å². The van der Waals surface area contributed by atoms with E-state index in [0.29, 0.717) is 12.1 Å². The average molecular weight is 253 g/mol. The van der Waals surface area contributed by atoms with E-state index in [0.717, 1.165) is 5.69 Å². The van der Waals surface area contributed by atoms with Crippen LogP contribution in [0, 0.1) is 24.6 Å². The molecule has 0 amide bonds. The molecule has 1 aromatic rings. The van der Waals surface area contributed by atoms with Crippen LogP contribution in [-0.2, 0) is 4.79 Å². The van der Waals surface area contributed by atoms with E-state index in [9.17, 15) is 9.18 Å². The molecular weight excluding hydrogens is 233 g/mol. The summed E-state index contributed by atoms with van der Waals surface area (Å²) in [6.07, 6.45) is 0. The molecule has 0 saturated carbocycles. The standard InChI is InChI=1S/C14H20FNO2/c1-9(2)12(14(17)18)8-16(4)11-5-6-13(15)10(3)7-11/h5-7,9,12H,8H2,1-4H3,(H,17,18). The van der Waals surface area contributed by atoms with Crippen molar-refractivity contribution in [1.29, 1.82) is 0 Å². The smallest absolute Gasteiger partial charge is 0.308 e. The summed E-state index contributed by atoms with van der Waals surface area (Å²) in [5.41, 5.74) is 1.40. The lowest BCUT2D eigenvalue weighted by Gasteiger charge is -2.25. The summed E-state index contributed by atoms with van der Waals surface area (Å²) in [6.45, 7) is 5.90. The van der Waals surface area contributed by atoms with E-state index in [-0.39, 0.29) is 11.7 Å². The highest BCUT2D eigenvalue weighted by Crippen LogP contribution is 2.20. The molecule has 0 bridgehead atoms. The number of halogens is 1. The maximum absolute atomic E-state index is 13.2. The van der Waals surface area contributed by atoms with Gasteiger partial charge in [0.25, 0.3) is 0 Å². The molecule has 1 unspecified atom stereocenters. The van der Waals surface area contributed by atoms with Gasteiger partial charge in [-0.25, -0.2) is 4.39 Å². The SMILES string of the molecule is Cc1cc(N(C)CC(C(=O)O)C(C)C)ccc1F. The van der Waals surface area contributed by atoms with E-state index in [1.165, 1.54) is 6.07 Å². The third-order valence-electron chi connectivity index (χ3n) is 3.17. The van der Waals surface area contributed by atoms with Gasteiger partial charge in [0.05, 0.1) is 5.92 Å². The largest absolute Gasteiger partial charge is 0.481 e. The molecule has 1 rings (SSSR count). The van der Waals surface area contributed by atoms with Gasteiger partial charge in [0.1, 0.15) is 5.82 Å². The topological polar surface area (TPSA) is 40.5 Å². The zero-order valence-corrected chi connectivity index (χ0v) is 11.3. The monoisotopic (exact) mass is 253 g/mol. The third kappa shape index (κ3) is 3.45. The third-order valence-corrected chi connectivity index (χ3v) is 3.17. The summed E-state index contributed by atoms with van der Waals surface area (Å²) < 4.78 is 13.2. The van der Waals surface area contributed by atoms with Crippen LogP contribution in [0.3, 0.4) is 0 Å². The number of hydrogen-bond acceptors (Lipinski definition) is 2. The summed E-state index contributed by atoms with van der Waals surface area (Å²) >= 11 is 0. The number of aliphatic carboxylic acids is 1. The Kier molecular flexibility index (Phi) is 4.70. The fraction of sp³-hybridized carbons (Fsp3) is 0.500. The molecule has 0 heterocycles. The Morgan fingerprint density at radius 3 is 2.50 bits per heavy atom. The second-order valence-corrected chi connectivity index (χ2v) is 5.00. The summed E-state index contributed by atoms with van der Waals surface area (Å²) in [7, 11) is 1.82. The van der Waals surface area contributed by atoms with Gasteiger partial charge in [-0.05, 0) is 36.6 Å². The van der Waals surface area contributed by atoms with Gasteiger partial charge < -0.3 is 10.0 Å². The highest BCUT2D eigenvalue weighted by atomic mass is 19.1. The molecule has 0 spiro atoms. The minimum Gasteiger partial charge on any atom is -0.481 e. The van der Waals surface area contributed by atoms with Crippen molar-refractivity contribution >= 4 is 11.7 Å². The van der Waals surface area contributed by atoms with Crippen LogP contribution < -0.4 is 4.90 Å². The molecule has 3 nitrogen and oxygen atoms in total. The Labute approximate surface area is 107 Å². The Hall–Kier alpha value is -1.58. The van der Waals surface area contributed by atoms with Crippen LogP contribution in [0.2, 0.25) is 0 Å². The molecule has 0 radical (unpaired) electrons. The van der Waals surface area contributed by atoms with E-state index in [1.54, 1.807) is 19.1 Å². The van der Waals surface area contributed by atoms with Crippen molar-refractivity contribution in [3.05, 3.63) is 29.6 Å². The molecule has 0 aliphatic rings. The van der Waals surface area contributed by atoms with E-state index < -0.39 is 11.9 Å². The molecular formula is C14H20FNO2. The minimum absolute atomic E-state index is 0.0616. The first-order chi connectivity index (χ1) is 8.32.